The van der Waals surface area contributed by atoms with Crippen molar-refractivity contribution < 1.29 is 9.72 Å². The normalized spacial score (nSPS) is 11.9. The molecule has 1 aromatic carbocycles. The molecule has 0 radical (unpaired) electrons. The molecule has 0 amide bonds. The van der Waals surface area contributed by atoms with Crippen LogP contribution in [0.1, 0.15) is 5.69 Å². The number of hydrogen-bond acceptors (Lipinski definition) is 6. The summed E-state index contributed by atoms with van der Waals surface area (Å²) in [4.78, 5) is 30.1. The molecule has 9 nitrogen and oxygen atoms in total. The Bertz CT molecular complexity index is 1460. The van der Waals surface area contributed by atoms with Crippen molar-refractivity contribution in [3.05, 3.63) is 71.0 Å². The standard InChI is InChI=1S/C21H17N7O2/c1-30-11-10-27-13-23-19-17(21(27)29)18-20(26-16-8-3-2-7-15(16)25-18)28(19)24-12-14-6-4-5-9-22-14/h2-9,12-13H,10-11H2,1H3/p+1. The third-order valence-corrected chi connectivity index (χ3v) is 4.80. The number of methoxy groups -OCH3 is 1. The van der Waals surface area contributed by atoms with Crippen LogP contribution in [0.2, 0.25) is 0 Å². The summed E-state index contributed by atoms with van der Waals surface area (Å²) < 4.78 is 8.28. The smallest absolute Gasteiger partial charge is 0.322 e. The number of aromatic nitrogens is 6. The zero-order valence-electron chi connectivity index (χ0n) is 16.2. The molecule has 5 aromatic rings. The monoisotopic (exact) mass is 400 g/mol. The summed E-state index contributed by atoms with van der Waals surface area (Å²) >= 11 is 0. The van der Waals surface area contributed by atoms with Gasteiger partial charge in [0.05, 0.1) is 36.1 Å². The highest BCUT2D eigenvalue weighted by Crippen LogP contribution is 2.23. The molecule has 30 heavy (non-hydrogen) atoms. The first kappa shape index (κ1) is 18.1. The van der Waals surface area contributed by atoms with Gasteiger partial charge in [-0.05, 0) is 24.3 Å². The van der Waals surface area contributed by atoms with Crippen LogP contribution in [0, 0.1) is 0 Å². The molecule has 0 bridgehead atoms. The van der Waals surface area contributed by atoms with E-state index in [1.54, 1.807) is 35.1 Å². The minimum atomic E-state index is -0.179. The third kappa shape index (κ3) is 3.01. The summed E-state index contributed by atoms with van der Waals surface area (Å²) in [5.74, 6) is 0. The zero-order valence-corrected chi connectivity index (χ0v) is 16.2. The van der Waals surface area contributed by atoms with E-state index in [9.17, 15) is 4.79 Å². The van der Waals surface area contributed by atoms with Crippen molar-refractivity contribution in [1.82, 2.24) is 24.2 Å². The molecular weight excluding hydrogens is 382 g/mol. The van der Waals surface area contributed by atoms with Crippen molar-refractivity contribution in [3.8, 4) is 0 Å². The van der Waals surface area contributed by atoms with Crippen LogP contribution in [0.5, 0.6) is 0 Å². The Hall–Kier alpha value is -3.98. The molecule has 4 heterocycles. The predicted octanol–water partition coefficient (Wildman–Crippen LogP) is 1.64. The molecule has 0 aliphatic heterocycles. The van der Waals surface area contributed by atoms with E-state index < -0.39 is 0 Å². The van der Waals surface area contributed by atoms with Gasteiger partial charge in [0.15, 0.2) is 11.7 Å². The van der Waals surface area contributed by atoms with E-state index in [2.05, 4.69) is 15.1 Å². The fourth-order valence-corrected chi connectivity index (χ4v) is 3.34. The van der Waals surface area contributed by atoms with Gasteiger partial charge in [-0.15, -0.1) is 9.78 Å². The second-order valence-electron chi connectivity index (χ2n) is 6.68. The summed E-state index contributed by atoms with van der Waals surface area (Å²) in [6, 6.07) is 13.1. The third-order valence-electron chi connectivity index (χ3n) is 4.80. The van der Waals surface area contributed by atoms with Crippen LogP contribution in [0.3, 0.4) is 0 Å². The van der Waals surface area contributed by atoms with E-state index in [1.807, 2.05) is 42.5 Å². The van der Waals surface area contributed by atoms with Gasteiger partial charge in [-0.25, -0.2) is 24.3 Å². The van der Waals surface area contributed by atoms with E-state index in [-0.39, 0.29) is 5.56 Å². The Morgan fingerprint density at radius 3 is 2.70 bits per heavy atom. The van der Waals surface area contributed by atoms with Gasteiger partial charge in [-0.2, -0.15) is 0 Å². The molecule has 0 aliphatic carbocycles. The highest BCUT2D eigenvalue weighted by molar-refractivity contribution is 6.03. The number of rotatable bonds is 5. The molecule has 0 saturated carbocycles. The number of aromatic amines is 1. The number of para-hydroxylation sites is 2. The molecular formula is C21H18N7O2+. The first-order valence-corrected chi connectivity index (χ1v) is 9.42. The molecule has 0 aliphatic rings. The van der Waals surface area contributed by atoms with Crippen LogP contribution < -0.4 is 10.5 Å². The first-order chi connectivity index (χ1) is 14.8. The van der Waals surface area contributed by atoms with Gasteiger partial charge in [-0.3, -0.25) is 4.98 Å². The lowest BCUT2D eigenvalue weighted by molar-refractivity contribution is -0.357. The Morgan fingerprint density at radius 1 is 1.13 bits per heavy atom. The van der Waals surface area contributed by atoms with Gasteiger partial charge in [-0.1, -0.05) is 18.2 Å². The van der Waals surface area contributed by atoms with E-state index in [0.717, 1.165) is 5.52 Å². The number of nitrogens with zero attached hydrogens (tertiary/aromatic N) is 6. The highest BCUT2D eigenvalue weighted by atomic mass is 16.5. The van der Waals surface area contributed by atoms with Gasteiger partial charge in [0.2, 0.25) is 5.65 Å². The van der Waals surface area contributed by atoms with E-state index >= 15 is 0 Å². The average molecular weight is 400 g/mol. The van der Waals surface area contributed by atoms with Crippen molar-refractivity contribution in [3.63, 3.8) is 0 Å². The van der Waals surface area contributed by atoms with Crippen molar-refractivity contribution >= 4 is 39.4 Å². The number of ether oxygens (including phenoxy) is 1. The molecule has 0 unspecified atom stereocenters. The maximum atomic E-state index is 13.2. The molecule has 4 aromatic heterocycles. The summed E-state index contributed by atoms with van der Waals surface area (Å²) in [6.45, 7) is 0.844. The van der Waals surface area contributed by atoms with E-state index in [4.69, 9.17) is 14.7 Å². The molecule has 1 N–H and O–H groups in total. The number of H-pyrrole nitrogens is 1. The molecule has 9 heteroatoms. The Kier molecular flexibility index (Phi) is 4.49. The second kappa shape index (κ2) is 7.45. The fourth-order valence-electron chi connectivity index (χ4n) is 3.34. The lowest BCUT2D eigenvalue weighted by Crippen LogP contribution is -2.28. The Morgan fingerprint density at radius 2 is 1.93 bits per heavy atom. The summed E-state index contributed by atoms with van der Waals surface area (Å²) in [7, 11) is 1.60. The number of benzene rings is 1. The molecule has 5 rings (SSSR count). The number of fused-ring (bicyclic) bond motifs is 4. The summed E-state index contributed by atoms with van der Waals surface area (Å²) in [5, 5.41) is 4.99. The van der Waals surface area contributed by atoms with Crippen LogP contribution in [-0.4, -0.2) is 44.1 Å². The van der Waals surface area contributed by atoms with E-state index in [0.29, 0.717) is 46.6 Å². The van der Waals surface area contributed by atoms with Crippen LogP contribution in [0.4, 0.5) is 0 Å². The highest BCUT2D eigenvalue weighted by Gasteiger charge is 2.24. The zero-order chi connectivity index (χ0) is 20.5. The van der Waals surface area contributed by atoms with Crippen molar-refractivity contribution in [1.29, 1.82) is 0 Å². The molecule has 0 spiro atoms. The van der Waals surface area contributed by atoms with Crippen LogP contribution in [0.25, 0.3) is 33.2 Å². The van der Waals surface area contributed by atoms with E-state index in [1.165, 1.54) is 0 Å². The fraction of sp³-hybridized carbons (Fsp3) is 0.143. The van der Waals surface area contributed by atoms with Crippen molar-refractivity contribution in [2.75, 3.05) is 13.7 Å². The van der Waals surface area contributed by atoms with Crippen molar-refractivity contribution in [2.24, 2.45) is 5.10 Å². The Labute approximate surface area is 170 Å². The number of pyridine rings is 1. The van der Waals surface area contributed by atoms with Crippen LogP contribution in [-0.2, 0) is 11.3 Å². The molecule has 0 saturated heterocycles. The molecule has 0 atom stereocenters. The van der Waals surface area contributed by atoms with Crippen LogP contribution >= 0.6 is 0 Å². The topological polar surface area (TPSA) is 101 Å². The lowest BCUT2D eigenvalue weighted by Gasteiger charge is -1.99. The van der Waals surface area contributed by atoms with Crippen molar-refractivity contribution in [2.45, 2.75) is 6.54 Å². The largest absolute Gasteiger partial charge is 0.381 e. The van der Waals surface area contributed by atoms with Gasteiger partial charge in [0.25, 0.3) is 5.65 Å². The second-order valence-corrected chi connectivity index (χ2v) is 6.68. The number of hydrogen-bond donors (Lipinski definition) is 0. The molecule has 148 valence electrons. The van der Waals surface area contributed by atoms with Gasteiger partial charge in [0.1, 0.15) is 5.52 Å². The quantitative estimate of drug-likeness (QED) is 0.418. The predicted molar refractivity (Wildman–Crippen MR) is 112 cm³/mol. The summed E-state index contributed by atoms with van der Waals surface area (Å²) in [5.41, 5.74) is 3.46. The number of nitrogens with one attached hydrogen (secondary N) is 1. The summed E-state index contributed by atoms with van der Waals surface area (Å²) in [6.07, 6.45) is 4.94. The van der Waals surface area contributed by atoms with Gasteiger partial charge in [0, 0.05) is 13.3 Å². The average Bonchev–Trinajstić information content (AvgIpc) is 3.09. The minimum absolute atomic E-state index is 0.179. The minimum Gasteiger partial charge on any atom is -0.381 e. The molecule has 0 fully saturated rings. The van der Waals surface area contributed by atoms with Gasteiger partial charge >= 0.3 is 5.56 Å². The Balaban J connectivity index is 1.82. The maximum absolute atomic E-state index is 13.2. The first-order valence-electron chi connectivity index (χ1n) is 9.42. The lowest BCUT2D eigenvalue weighted by atomic mass is 10.3. The van der Waals surface area contributed by atoms with Crippen LogP contribution in [0.15, 0.2) is 64.9 Å². The maximum Gasteiger partial charge on any atom is 0.322 e. The SMILES string of the molecule is COCCn1c[nH+]c2c(c1=O)c1nc3ccccc3nc1n2N=Cc1ccccn1. The van der Waals surface area contributed by atoms with Gasteiger partial charge < -0.3 is 4.74 Å².